The van der Waals surface area contributed by atoms with Crippen LogP contribution in [-0.2, 0) is 46.9 Å². The minimum Gasteiger partial charge on any atom is -0.478 e. The number of methoxy groups -OCH3 is 4. The van der Waals surface area contributed by atoms with Gasteiger partial charge >= 0.3 is 24.0 Å². The molecule has 0 saturated heterocycles. The molecule has 127 heavy (non-hydrogen) atoms. The number of rotatable bonds is 24. The number of carboxylic acids is 1. The Hall–Kier alpha value is -14.5. The molecule has 0 unspecified atom stereocenters. The van der Waals surface area contributed by atoms with Crippen molar-refractivity contribution in [2.75, 3.05) is 85.3 Å². The molecule has 0 fully saturated rings. The minimum atomic E-state index is -0.981. The lowest BCUT2D eigenvalue weighted by molar-refractivity contribution is 0.0696. The molecule has 0 aliphatic carbocycles. The molecular formula is C80H66BrCl6N31O9. The maximum absolute atomic E-state index is 11.0. The second kappa shape index (κ2) is 43.7. The second-order valence-electron chi connectivity index (χ2n) is 26.0. The molecule has 47 heteroatoms. The summed E-state index contributed by atoms with van der Waals surface area (Å²) in [6.07, 6.45) is 6.42. The Labute approximate surface area is 757 Å². The van der Waals surface area contributed by atoms with Crippen molar-refractivity contribution in [3.05, 3.63) is 238 Å². The van der Waals surface area contributed by atoms with E-state index >= 15 is 0 Å². The number of aromatic nitrogens is 24. The van der Waals surface area contributed by atoms with Crippen molar-refractivity contribution in [3.63, 3.8) is 0 Å². The van der Waals surface area contributed by atoms with E-state index in [0.29, 0.717) is 166 Å². The lowest BCUT2D eigenvalue weighted by Gasteiger charge is -2.09. The van der Waals surface area contributed by atoms with Crippen LogP contribution in [0.25, 0.3) is 67.0 Å². The van der Waals surface area contributed by atoms with Crippen molar-refractivity contribution < 1.29 is 43.1 Å². The number of halogens is 7. The van der Waals surface area contributed by atoms with Gasteiger partial charge in [-0.3, -0.25) is 9.13 Å². The van der Waals surface area contributed by atoms with Crippen molar-refractivity contribution in [1.29, 1.82) is 21.0 Å². The largest absolute Gasteiger partial charge is 0.478 e. The summed E-state index contributed by atoms with van der Waals surface area (Å²) >= 11 is 38.4. The molecule has 0 aliphatic rings. The summed E-state index contributed by atoms with van der Waals surface area (Å²) in [6.45, 7) is 4.73. The van der Waals surface area contributed by atoms with Crippen LogP contribution < -0.4 is 36.1 Å². The van der Waals surface area contributed by atoms with E-state index in [0.717, 1.165) is 27.8 Å². The number of nitrogens with two attached hydrogens (primary N) is 3. The Bertz CT molecular complexity index is 6780. The number of hydrogen-bond donors (Lipinski definition) is 5. The van der Waals surface area contributed by atoms with Gasteiger partial charge in [0.1, 0.15) is 41.9 Å². The van der Waals surface area contributed by atoms with E-state index in [2.05, 4.69) is 135 Å². The van der Waals surface area contributed by atoms with Crippen LogP contribution in [0.15, 0.2) is 151 Å². The number of imidazole rings is 6. The Morgan fingerprint density at radius 3 is 1.21 bits per heavy atom. The predicted octanol–water partition coefficient (Wildman–Crippen LogP) is 12.4. The summed E-state index contributed by atoms with van der Waals surface area (Å²) in [4.78, 5) is 88.0. The minimum absolute atomic E-state index is 0.0871. The van der Waals surface area contributed by atoms with E-state index in [4.69, 9.17) is 146 Å². The maximum atomic E-state index is 11.0. The summed E-state index contributed by atoms with van der Waals surface area (Å²) in [5, 5.41) is 45.4. The number of hydrogen-bond acceptors (Lipinski definition) is 33. The van der Waals surface area contributed by atoms with Gasteiger partial charge in [0.05, 0.1) is 137 Å². The average molecular weight is 1900 g/mol. The van der Waals surface area contributed by atoms with Gasteiger partial charge < -0.3 is 74.2 Å². The zero-order chi connectivity index (χ0) is 90.2. The quantitative estimate of drug-likeness (QED) is 0.0162. The number of benzene rings is 5. The van der Waals surface area contributed by atoms with Crippen molar-refractivity contribution in [2.24, 2.45) is 0 Å². The number of nitrogens with zero attached hydrogens (tertiary/aromatic N) is 27. The monoisotopic (exact) mass is 1890 g/mol. The van der Waals surface area contributed by atoms with Gasteiger partial charge in [-0.25, -0.2) is 39.7 Å². The molecule has 0 amide bonds. The molecule has 0 aliphatic heterocycles. The van der Waals surface area contributed by atoms with Gasteiger partial charge in [0.25, 0.3) is 6.01 Å². The van der Waals surface area contributed by atoms with Crippen LogP contribution >= 0.6 is 85.5 Å². The van der Waals surface area contributed by atoms with Crippen molar-refractivity contribution >= 4 is 176 Å². The van der Waals surface area contributed by atoms with Crippen molar-refractivity contribution in [1.82, 2.24) is 118 Å². The third-order valence-corrected chi connectivity index (χ3v) is 19.5. The van der Waals surface area contributed by atoms with E-state index < -0.39 is 5.97 Å². The van der Waals surface area contributed by atoms with Gasteiger partial charge in [-0.2, -0.15) is 75.9 Å². The number of nitrogens with one attached hydrogen (secondary N) is 1. The fourth-order valence-electron chi connectivity index (χ4n) is 11.5. The van der Waals surface area contributed by atoms with Gasteiger partial charge in [-0.1, -0.05) is 95.5 Å². The van der Waals surface area contributed by atoms with Crippen LogP contribution in [0.4, 0.5) is 17.5 Å². The molecule has 0 bridgehead atoms. The molecule has 12 aromatic heterocycles. The summed E-state index contributed by atoms with van der Waals surface area (Å²) in [7, 11) is 6.24. The number of ether oxygens (including phenoxy) is 7. The number of H-pyrrole nitrogens is 1. The normalized spacial score (nSPS) is 10.7. The number of carboxylic acid groups (broad SMARTS) is 1. The third kappa shape index (κ3) is 23.7. The maximum Gasteiger partial charge on any atom is 0.335 e. The highest BCUT2D eigenvalue weighted by Gasteiger charge is 2.22. The molecule has 17 rings (SSSR count). The summed E-state index contributed by atoms with van der Waals surface area (Å²) in [5.41, 5.74) is 31.6. The highest BCUT2D eigenvalue weighted by Crippen LogP contribution is 2.31. The highest BCUT2D eigenvalue weighted by molar-refractivity contribution is 9.10. The van der Waals surface area contributed by atoms with Gasteiger partial charge in [0, 0.05) is 21.3 Å². The zero-order valence-corrected chi connectivity index (χ0v) is 72.9. The number of anilines is 3. The molecule has 644 valence electrons. The van der Waals surface area contributed by atoms with Gasteiger partial charge in [0.15, 0.2) is 82.6 Å². The van der Waals surface area contributed by atoms with Crippen LogP contribution in [0.3, 0.4) is 0 Å². The van der Waals surface area contributed by atoms with Gasteiger partial charge in [-0.05, 0) is 139 Å². The summed E-state index contributed by atoms with van der Waals surface area (Å²) in [5.74, 6) is -0.299. The fourth-order valence-corrected chi connectivity index (χ4v) is 13.2. The smallest absolute Gasteiger partial charge is 0.335 e. The van der Waals surface area contributed by atoms with E-state index in [1.54, 1.807) is 106 Å². The predicted molar refractivity (Wildman–Crippen MR) is 472 cm³/mol. The van der Waals surface area contributed by atoms with Gasteiger partial charge in [-0.15, -0.1) is 0 Å². The number of nitrogen functional groups attached to an aromatic ring is 3. The molecule has 12 heterocycles. The fraction of sp³-hybridized carbons (Fsp3) is 0.188. The van der Waals surface area contributed by atoms with Crippen LogP contribution in [0.2, 0.25) is 31.3 Å². The molecule has 0 spiro atoms. The average Bonchev–Trinajstić information content (AvgIpc) is 1.63. The molecule has 17 aromatic rings. The van der Waals surface area contributed by atoms with Crippen molar-refractivity contribution in [2.45, 2.75) is 32.7 Å². The first-order valence-corrected chi connectivity index (χ1v) is 40.0. The molecule has 0 saturated carbocycles. The Kier molecular flexibility index (Phi) is 31.6. The summed E-state index contributed by atoms with van der Waals surface area (Å²) in [6, 6.07) is 44.9. The van der Waals surface area contributed by atoms with Crippen LogP contribution in [0, 0.1) is 45.3 Å². The molecule has 40 nitrogen and oxygen atoms in total. The molecule has 0 atom stereocenters. The third-order valence-electron chi connectivity index (χ3n) is 17.6. The van der Waals surface area contributed by atoms with E-state index in [9.17, 15) is 4.79 Å². The van der Waals surface area contributed by atoms with E-state index in [1.807, 2.05) is 66.8 Å². The first-order chi connectivity index (χ1) is 61.5. The summed E-state index contributed by atoms with van der Waals surface area (Å²) < 4.78 is 46.2. The number of nitriles is 4. The molecular weight excluding hydrogens is 1830 g/mol. The molecule has 8 N–H and O–H groups in total. The first kappa shape index (κ1) is 91.7. The Morgan fingerprint density at radius 2 is 0.764 bits per heavy atom. The second-order valence-corrected chi connectivity index (χ2v) is 28.8. The standard InChI is InChI=1S/C17H19N5O5.C16H15BrN6O2.C16H14ClN5O2.C13H7Cl2N5.C13H9ClN6.C5H2Cl2N4/c1-25-7-8-27-16-20-13(18)12-14(21-16)22(17(19-12)26-2)9-10-3-5-11(6-4-10)15(23)24;1-24-6-7-25-16-21-13(19)12-14(22-16)23(15(17)20-12)9-11-4-2-10(8-18)3-5-11;1-23-6-7-24-16-20-14(17)13-15(21-16)22(10-19-13)9-12-4-2-11(8-18)3-5-12;14-11-10-12(19-13(15)18-11)20(7-17-10)6-9-3-1-8(5-16)2-4-9;14-13-18-11(16)10-12(19-13)20(7-17-10)6-9-3-1-8(5-15)2-4-9;6-3-2-4(9-1-8-2)11-5(7)10-3/h3-6H,7-9H2,1-2H3,(H,23,24)(H2,18,20,21);2-5H,6-7,9H2,1H3,(H2,19,21,22);2-5,10H,6-7,9H2,1H3;1-4,7H,6H2;1-4,7H,6H2,(H2,16,18,19);1H,(H,8,9,10,11). The van der Waals surface area contributed by atoms with Crippen LogP contribution in [0.1, 0.15) is 60.4 Å². The Balaban J connectivity index is 0.000000140. The van der Waals surface area contributed by atoms with Crippen molar-refractivity contribution in [3.8, 4) is 48.3 Å². The first-order valence-electron chi connectivity index (χ1n) is 37.0. The van der Waals surface area contributed by atoms with Crippen LogP contribution in [-0.4, -0.2) is 197 Å². The highest BCUT2D eigenvalue weighted by atomic mass is 79.9. The lowest BCUT2D eigenvalue weighted by atomic mass is 10.1. The number of aromatic amines is 1. The number of fused-ring (bicyclic) bond motifs is 6. The number of aromatic carboxylic acids is 1. The lowest BCUT2D eigenvalue weighted by Crippen LogP contribution is -2.09. The Morgan fingerprint density at radius 1 is 0.402 bits per heavy atom. The molecule has 0 radical (unpaired) electrons. The SMILES string of the molecule is COCCOc1nc(Cl)c2ncn(Cc3ccc(C#N)cc3)c2n1.COCCOc1nc(N)c2nc(Br)n(Cc3ccc(C#N)cc3)c2n1.COCCOc1nc(N)c2nc(OC)n(Cc3ccc(C(=O)O)cc3)c2n1.Clc1nc(Cl)c2[nH]cnc2n1.N#Cc1ccc(Cn2cnc3c(Cl)nc(Cl)nc32)cc1.N#Cc1ccc(Cn2cnc3c(N)nc(Cl)nc32)cc1. The molecule has 5 aromatic carbocycles. The zero-order valence-electron chi connectivity index (χ0n) is 66.8. The number of carbonyl (C=O) groups is 1. The topological polar surface area (TPSA) is 548 Å². The van der Waals surface area contributed by atoms with Crippen LogP contribution in [0.5, 0.6) is 24.0 Å². The van der Waals surface area contributed by atoms with E-state index in [-0.39, 0.29) is 79.0 Å². The van der Waals surface area contributed by atoms with Gasteiger partial charge in [0.2, 0.25) is 15.9 Å². The van der Waals surface area contributed by atoms with E-state index in [1.165, 1.54) is 25.6 Å².